The Morgan fingerprint density at radius 3 is 3.00 bits per heavy atom. The summed E-state index contributed by atoms with van der Waals surface area (Å²) in [4.78, 5) is 14.5. The zero-order chi connectivity index (χ0) is 17.9. The topological polar surface area (TPSA) is 50.5 Å². The molecule has 0 radical (unpaired) electrons. The van der Waals surface area contributed by atoms with Crippen molar-refractivity contribution < 1.29 is 4.79 Å². The molecule has 1 fully saturated rings. The number of aromatic nitrogens is 3. The van der Waals surface area contributed by atoms with Crippen molar-refractivity contribution in [2.45, 2.75) is 18.8 Å². The second-order valence-electron chi connectivity index (χ2n) is 6.50. The molecule has 0 bridgehead atoms. The summed E-state index contributed by atoms with van der Waals surface area (Å²) in [6.07, 6.45) is 7.38. The second kappa shape index (κ2) is 7.30. The lowest BCUT2D eigenvalue weighted by Crippen LogP contribution is -2.38. The number of halogens is 1. The number of nitrogens with zero attached hydrogens (tertiary/aromatic N) is 4. The molecule has 1 atom stereocenters. The van der Waals surface area contributed by atoms with Gasteiger partial charge in [-0.2, -0.15) is 0 Å². The fourth-order valence-corrected chi connectivity index (χ4v) is 3.61. The van der Waals surface area contributed by atoms with Crippen molar-refractivity contribution in [1.82, 2.24) is 19.5 Å². The molecule has 0 N–H and O–H groups in total. The van der Waals surface area contributed by atoms with Crippen LogP contribution in [0.2, 0.25) is 5.02 Å². The zero-order valence-electron chi connectivity index (χ0n) is 14.3. The minimum Gasteiger partial charge on any atom is -0.338 e. The molecule has 5 nitrogen and oxygen atoms in total. The Morgan fingerprint density at radius 2 is 2.12 bits per heavy atom. The summed E-state index contributed by atoms with van der Waals surface area (Å²) in [6, 6.07) is 13.3. The Labute approximate surface area is 156 Å². The Morgan fingerprint density at radius 1 is 1.19 bits per heavy atom. The smallest absolute Gasteiger partial charge is 0.246 e. The number of piperidine rings is 1. The molecule has 4 rings (SSSR count). The van der Waals surface area contributed by atoms with Crippen molar-refractivity contribution in [2.75, 3.05) is 13.1 Å². The van der Waals surface area contributed by atoms with Gasteiger partial charge in [0.15, 0.2) is 5.65 Å². The van der Waals surface area contributed by atoms with Crippen LogP contribution >= 0.6 is 11.6 Å². The van der Waals surface area contributed by atoms with Crippen LogP contribution < -0.4 is 0 Å². The van der Waals surface area contributed by atoms with Gasteiger partial charge in [0.25, 0.3) is 0 Å². The minimum absolute atomic E-state index is 0.0171. The fourth-order valence-electron chi connectivity index (χ4n) is 3.41. The maximum atomic E-state index is 12.6. The standard InChI is InChI=1S/C20H19ClN4O/c21-17-7-3-5-15(13-17)9-10-19(26)24-11-4-6-16(14-24)20-23-22-18-8-1-2-12-25(18)20/h1-3,5,7-10,12-13,16H,4,6,11,14H2. The highest BCUT2D eigenvalue weighted by molar-refractivity contribution is 6.30. The normalized spacial score (nSPS) is 17.9. The molecule has 6 heteroatoms. The Bertz CT molecular complexity index is 965. The van der Waals surface area contributed by atoms with E-state index in [4.69, 9.17) is 11.6 Å². The number of benzene rings is 1. The Kier molecular flexibility index (Phi) is 4.71. The first-order valence-electron chi connectivity index (χ1n) is 8.73. The average molecular weight is 367 g/mol. The molecule has 132 valence electrons. The number of likely N-dealkylation sites (tertiary alicyclic amines) is 1. The molecule has 1 aromatic carbocycles. The van der Waals surface area contributed by atoms with Crippen LogP contribution in [0, 0.1) is 0 Å². The molecule has 1 aliphatic rings. The summed E-state index contributed by atoms with van der Waals surface area (Å²) >= 11 is 5.99. The van der Waals surface area contributed by atoms with E-state index < -0.39 is 0 Å². The van der Waals surface area contributed by atoms with Crippen LogP contribution in [0.25, 0.3) is 11.7 Å². The summed E-state index contributed by atoms with van der Waals surface area (Å²) in [6.45, 7) is 1.43. The number of carbonyl (C=O) groups is 1. The van der Waals surface area contributed by atoms with Crippen molar-refractivity contribution in [2.24, 2.45) is 0 Å². The fraction of sp³-hybridized carbons (Fsp3) is 0.250. The van der Waals surface area contributed by atoms with Crippen molar-refractivity contribution in [3.8, 4) is 0 Å². The maximum absolute atomic E-state index is 12.6. The minimum atomic E-state index is 0.0171. The van der Waals surface area contributed by atoms with Crippen LogP contribution in [0.5, 0.6) is 0 Å². The molecule has 1 saturated heterocycles. The highest BCUT2D eigenvalue weighted by atomic mass is 35.5. The van der Waals surface area contributed by atoms with Gasteiger partial charge >= 0.3 is 0 Å². The van der Waals surface area contributed by atoms with Gasteiger partial charge < -0.3 is 4.90 Å². The molecule has 1 aliphatic heterocycles. The van der Waals surface area contributed by atoms with E-state index in [1.54, 1.807) is 6.08 Å². The van der Waals surface area contributed by atoms with Crippen LogP contribution in [0.15, 0.2) is 54.7 Å². The van der Waals surface area contributed by atoms with Crippen molar-refractivity contribution in [1.29, 1.82) is 0 Å². The lowest BCUT2D eigenvalue weighted by Gasteiger charge is -2.31. The third-order valence-electron chi connectivity index (χ3n) is 4.71. The zero-order valence-corrected chi connectivity index (χ0v) is 15.0. The van der Waals surface area contributed by atoms with Gasteiger partial charge in [0, 0.05) is 36.3 Å². The predicted octanol–water partition coefficient (Wildman–Crippen LogP) is 3.80. The maximum Gasteiger partial charge on any atom is 0.246 e. The lowest BCUT2D eigenvalue weighted by atomic mass is 9.97. The van der Waals surface area contributed by atoms with Gasteiger partial charge in [-0.3, -0.25) is 9.20 Å². The van der Waals surface area contributed by atoms with Crippen molar-refractivity contribution >= 4 is 29.2 Å². The van der Waals surface area contributed by atoms with E-state index in [-0.39, 0.29) is 11.8 Å². The van der Waals surface area contributed by atoms with E-state index in [1.807, 2.05) is 64.0 Å². The van der Waals surface area contributed by atoms with Crippen LogP contribution in [0.4, 0.5) is 0 Å². The van der Waals surface area contributed by atoms with Crippen LogP contribution in [-0.4, -0.2) is 38.5 Å². The predicted molar refractivity (Wildman–Crippen MR) is 102 cm³/mol. The Balaban J connectivity index is 1.49. The van der Waals surface area contributed by atoms with Gasteiger partial charge in [0.1, 0.15) is 5.82 Å². The van der Waals surface area contributed by atoms with E-state index in [1.165, 1.54) is 0 Å². The van der Waals surface area contributed by atoms with Gasteiger partial charge in [0.05, 0.1) is 0 Å². The molecule has 1 unspecified atom stereocenters. The first-order chi connectivity index (χ1) is 12.7. The number of fused-ring (bicyclic) bond motifs is 1. The highest BCUT2D eigenvalue weighted by Gasteiger charge is 2.26. The summed E-state index contributed by atoms with van der Waals surface area (Å²) in [5.74, 6) is 1.14. The van der Waals surface area contributed by atoms with E-state index >= 15 is 0 Å². The third kappa shape index (κ3) is 3.48. The van der Waals surface area contributed by atoms with E-state index in [2.05, 4.69) is 10.2 Å². The molecular weight excluding hydrogens is 348 g/mol. The van der Waals surface area contributed by atoms with E-state index in [9.17, 15) is 4.79 Å². The largest absolute Gasteiger partial charge is 0.338 e. The van der Waals surface area contributed by atoms with Crippen molar-refractivity contribution in [3.05, 3.63) is 71.1 Å². The summed E-state index contributed by atoms with van der Waals surface area (Å²) in [7, 11) is 0. The molecular formula is C20H19ClN4O. The van der Waals surface area contributed by atoms with E-state index in [0.717, 1.165) is 36.4 Å². The van der Waals surface area contributed by atoms with Crippen molar-refractivity contribution in [3.63, 3.8) is 0 Å². The second-order valence-corrected chi connectivity index (χ2v) is 6.94. The summed E-state index contributed by atoms with van der Waals surface area (Å²) < 4.78 is 2.01. The first-order valence-corrected chi connectivity index (χ1v) is 9.11. The molecule has 2 aromatic heterocycles. The number of rotatable bonds is 3. The highest BCUT2D eigenvalue weighted by Crippen LogP contribution is 2.26. The first kappa shape index (κ1) is 16.8. The number of carbonyl (C=O) groups excluding carboxylic acids is 1. The number of pyridine rings is 1. The monoisotopic (exact) mass is 366 g/mol. The third-order valence-corrected chi connectivity index (χ3v) is 4.94. The molecule has 26 heavy (non-hydrogen) atoms. The average Bonchev–Trinajstić information content (AvgIpc) is 3.10. The molecule has 3 heterocycles. The molecule has 0 spiro atoms. The van der Waals surface area contributed by atoms with Gasteiger partial charge in [-0.1, -0.05) is 29.8 Å². The SMILES string of the molecule is O=C(C=Cc1cccc(Cl)c1)N1CCCC(c2nnc3ccccn23)C1. The number of amides is 1. The van der Waals surface area contributed by atoms with Gasteiger partial charge in [-0.15, -0.1) is 10.2 Å². The molecule has 3 aromatic rings. The number of hydrogen-bond acceptors (Lipinski definition) is 3. The Hall–Kier alpha value is -2.66. The van der Waals surface area contributed by atoms with Crippen LogP contribution in [0.3, 0.4) is 0 Å². The van der Waals surface area contributed by atoms with Crippen LogP contribution in [-0.2, 0) is 4.79 Å². The molecule has 1 amide bonds. The van der Waals surface area contributed by atoms with Gasteiger partial charge in [0.2, 0.25) is 5.91 Å². The number of hydrogen-bond donors (Lipinski definition) is 0. The molecule has 0 saturated carbocycles. The van der Waals surface area contributed by atoms with Gasteiger partial charge in [-0.05, 0) is 48.7 Å². The lowest BCUT2D eigenvalue weighted by molar-refractivity contribution is -0.127. The summed E-state index contributed by atoms with van der Waals surface area (Å²) in [5.41, 5.74) is 1.76. The molecule has 0 aliphatic carbocycles. The quantitative estimate of drug-likeness (QED) is 0.662. The summed E-state index contributed by atoms with van der Waals surface area (Å²) in [5, 5.41) is 9.25. The van der Waals surface area contributed by atoms with Gasteiger partial charge in [-0.25, -0.2) is 0 Å². The van der Waals surface area contributed by atoms with Crippen LogP contribution in [0.1, 0.15) is 30.1 Å². The van der Waals surface area contributed by atoms with E-state index in [0.29, 0.717) is 11.6 Å².